The summed E-state index contributed by atoms with van der Waals surface area (Å²) in [6, 6.07) is 0. The van der Waals surface area contributed by atoms with Crippen LogP contribution in [0.1, 0.15) is 40.0 Å². The van der Waals surface area contributed by atoms with Gasteiger partial charge in [-0.3, -0.25) is 0 Å². The van der Waals surface area contributed by atoms with E-state index in [0.29, 0.717) is 0 Å². The first-order valence-electron chi connectivity index (χ1n) is 4.44. The SMILES string of the molecule is CCC(F)(F)CC(F)(F)CC(C)C. The zero-order valence-corrected chi connectivity index (χ0v) is 8.21. The van der Waals surface area contributed by atoms with Crippen molar-refractivity contribution in [3.05, 3.63) is 0 Å². The monoisotopic (exact) mass is 200 g/mol. The molecule has 0 N–H and O–H groups in total. The zero-order valence-electron chi connectivity index (χ0n) is 8.21. The number of hydrogen-bond acceptors (Lipinski definition) is 0. The molecule has 80 valence electrons. The summed E-state index contributed by atoms with van der Waals surface area (Å²) in [7, 11) is 0. The Balaban J connectivity index is 4.16. The molecule has 0 heterocycles. The average Bonchev–Trinajstić information content (AvgIpc) is 1.81. The molecule has 4 heteroatoms. The predicted molar refractivity (Wildman–Crippen MR) is 44.3 cm³/mol. The smallest absolute Gasteiger partial charge is 0.207 e. The van der Waals surface area contributed by atoms with Crippen molar-refractivity contribution in [2.75, 3.05) is 0 Å². The van der Waals surface area contributed by atoms with Gasteiger partial charge in [0.15, 0.2) is 0 Å². The van der Waals surface area contributed by atoms with E-state index in [1.54, 1.807) is 13.8 Å². The number of rotatable bonds is 5. The summed E-state index contributed by atoms with van der Waals surface area (Å²) >= 11 is 0. The lowest BCUT2D eigenvalue weighted by Gasteiger charge is -2.23. The molecule has 0 bridgehead atoms. The van der Waals surface area contributed by atoms with Gasteiger partial charge in [-0.25, -0.2) is 17.6 Å². The first-order valence-corrected chi connectivity index (χ1v) is 4.44. The van der Waals surface area contributed by atoms with Crippen LogP contribution in [0.25, 0.3) is 0 Å². The first-order chi connectivity index (χ1) is 5.68. The molecular weight excluding hydrogens is 184 g/mol. The normalized spacial score (nSPS) is 13.8. The van der Waals surface area contributed by atoms with Gasteiger partial charge in [-0.2, -0.15) is 0 Å². The Morgan fingerprint density at radius 1 is 1.00 bits per heavy atom. The second-order valence-corrected chi connectivity index (χ2v) is 3.84. The van der Waals surface area contributed by atoms with Crippen molar-refractivity contribution < 1.29 is 17.6 Å². The Morgan fingerprint density at radius 2 is 1.46 bits per heavy atom. The van der Waals surface area contributed by atoms with Gasteiger partial charge >= 0.3 is 0 Å². The van der Waals surface area contributed by atoms with E-state index in [0.717, 1.165) is 0 Å². The van der Waals surface area contributed by atoms with Crippen molar-refractivity contribution >= 4 is 0 Å². The quantitative estimate of drug-likeness (QED) is 0.586. The minimum atomic E-state index is -3.24. The van der Waals surface area contributed by atoms with Gasteiger partial charge in [0.1, 0.15) is 0 Å². The molecule has 0 atom stereocenters. The summed E-state index contributed by atoms with van der Waals surface area (Å²) in [5.74, 6) is -6.74. The Hall–Kier alpha value is -0.280. The molecule has 0 saturated heterocycles. The van der Waals surface area contributed by atoms with Crippen LogP contribution >= 0.6 is 0 Å². The summed E-state index contributed by atoms with van der Waals surface area (Å²) in [5.41, 5.74) is 0. The molecule has 0 radical (unpaired) electrons. The summed E-state index contributed by atoms with van der Waals surface area (Å²) in [5, 5.41) is 0. The molecule has 0 nitrogen and oxygen atoms in total. The maximum atomic E-state index is 12.9. The summed E-state index contributed by atoms with van der Waals surface area (Å²) in [4.78, 5) is 0. The van der Waals surface area contributed by atoms with Crippen molar-refractivity contribution in [3.8, 4) is 0 Å². The Morgan fingerprint density at radius 3 is 1.77 bits per heavy atom. The van der Waals surface area contributed by atoms with Gasteiger partial charge in [0.05, 0.1) is 6.42 Å². The second-order valence-electron chi connectivity index (χ2n) is 3.84. The highest BCUT2D eigenvalue weighted by Crippen LogP contribution is 2.36. The molecule has 0 spiro atoms. The molecule has 0 aromatic rings. The van der Waals surface area contributed by atoms with E-state index < -0.39 is 31.1 Å². The van der Waals surface area contributed by atoms with Gasteiger partial charge < -0.3 is 0 Å². The van der Waals surface area contributed by atoms with E-state index in [4.69, 9.17) is 0 Å². The standard InChI is InChI=1S/C9H16F4/c1-4-8(10,11)6-9(12,13)5-7(2)3/h7H,4-6H2,1-3H3. The Labute approximate surface area is 76.3 Å². The predicted octanol–water partition coefficient (Wildman–Crippen LogP) is 4.10. The molecule has 0 aromatic heterocycles. The van der Waals surface area contributed by atoms with Gasteiger partial charge in [-0.1, -0.05) is 20.8 Å². The van der Waals surface area contributed by atoms with Gasteiger partial charge in [-0.05, 0) is 5.92 Å². The molecule has 0 unspecified atom stereocenters. The van der Waals surface area contributed by atoms with Crippen LogP contribution < -0.4 is 0 Å². The van der Waals surface area contributed by atoms with E-state index in [2.05, 4.69) is 0 Å². The minimum Gasteiger partial charge on any atom is -0.207 e. The average molecular weight is 200 g/mol. The molecule has 0 amide bonds. The highest BCUT2D eigenvalue weighted by molar-refractivity contribution is 4.77. The van der Waals surface area contributed by atoms with Crippen LogP contribution in [0.4, 0.5) is 17.6 Å². The third-order valence-corrected chi connectivity index (χ3v) is 1.74. The maximum Gasteiger partial charge on any atom is 0.254 e. The highest BCUT2D eigenvalue weighted by atomic mass is 19.3. The van der Waals surface area contributed by atoms with Crippen LogP contribution in [-0.4, -0.2) is 11.8 Å². The van der Waals surface area contributed by atoms with Crippen molar-refractivity contribution in [2.45, 2.75) is 51.9 Å². The number of halogens is 4. The van der Waals surface area contributed by atoms with Crippen molar-refractivity contribution in [2.24, 2.45) is 5.92 Å². The Kier molecular flexibility index (Phi) is 4.20. The number of hydrogen-bond donors (Lipinski definition) is 0. The fourth-order valence-electron chi connectivity index (χ4n) is 1.17. The van der Waals surface area contributed by atoms with E-state index in [-0.39, 0.29) is 5.92 Å². The van der Waals surface area contributed by atoms with Crippen LogP contribution in [0.5, 0.6) is 0 Å². The molecule has 0 aliphatic rings. The van der Waals surface area contributed by atoms with Crippen LogP contribution in [0.15, 0.2) is 0 Å². The molecular formula is C9H16F4. The third kappa shape index (κ3) is 5.88. The van der Waals surface area contributed by atoms with E-state index in [9.17, 15) is 17.6 Å². The van der Waals surface area contributed by atoms with Crippen LogP contribution in [0.3, 0.4) is 0 Å². The highest BCUT2D eigenvalue weighted by Gasteiger charge is 2.41. The molecule has 13 heavy (non-hydrogen) atoms. The molecule has 0 saturated carbocycles. The van der Waals surface area contributed by atoms with Gasteiger partial charge in [-0.15, -0.1) is 0 Å². The van der Waals surface area contributed by atoms with Crippen LogP contribution in [0.2, 0.25) is 0 Å². The lowest BCUT2D eigenvalue weighted by molar-refractivity contribution is -0.120. The van der Waals surface area contributed by atoms with Crippen LogP contribution in [0, 0.1) is 5.92 Å². The summed E-state index contributed by atoms with van der Waals surface area (Å²) in [6.45, 7) is 4.40. The fourth-order valence-corrected chi connectivity index (χ4v) is 1.17. The minimum absolute atomic E-state index is 0.261. The molecule has 0 fully saturated rings. The third-order valence-electron chi connectivity index (χ3n) is 1.74. The number of alkyl halides is 4. The fraction of sp³-hybridized carbons (Fsp3) is 1.00. The van der Waals surface area contributed by atoms with Crippen molar-refractivity contribution in [3.63, 3.8) is 0 Å². The maximum absolute atomic E-state index is 12.9. The van der Waals surface area contributed by atoms with Gasteiger partial charge in [0.2, 0.25) is 0 Å². The van der Waals surface area contributed by atoms with Crippen LogP contribution in [-0.2, 0) is 0 Å². The van der Waals surface area contributed by atoms with Crippen molar-refractivity contribution in [1.29, 1.82) is 0 Å². The van der Waals surface area contributed by atoms with Gasteiger partial charge in [0.25, 0.3) is 11.8 Å². The zero-order chi connectivity index (χ0) is 10.7. The molecule has 0 aliphatic heterocycles. The van der Waals surface area contributed by atoms with E-state index >= 15 is 0 Å². The Bertz CT molecular complexity index is 152. The lowest BCUT2D eigenvalue weighted by Crippen LogP contribution is -2.29. The molecule has 0 rings (SSSR count). The van der Waals surface area contributed by atoms with Gasteiger partial charge in [0, 0.05) is 12.8 Å². The largest absolute Gasteiger partial charge is 0.254 e. The summed E-state index contributed by atoms with van der Waals surface area (Å²) in [6.07, 6.45) is -2.32. The van der Waals surface area contributed by atoms with Crippen molar-refractivity contribution in [1.82, 2.24) is 0 Å². The first kappa shape index (κ1) is 12.7. The van der Waals surface area contributed by atoms with E-state index in [1.165, 1.54) is 6.92 Å². The van der Waals surface area contributed by atoms with E-state index in [1.807, 2.05) is 0 Å². The molecule has 0 aromatic carbocycles. The molecule has 0 aliphatic carbocycles. The summed E-state index contributed by atoms with van der Waals surface area (Å²) < 4.78 is 51.0. The topological polar surface area (TPSA) is 0 Å². The lowest BCUT2D eigenvalue weighted by atomic mass is 9.99. The second kappa shape index (κ2) is 4.29.